The maximum Gasteiger partial charge on any atom is 0.312 e. The van der Waals surface area contributed by atoms with E-state index in [9.17, 15) is 19.8 Å². The van der Waals surface area contributed by atoms with Crippen molar-refractivity contribution in [1.29, 1.82) is 0 Å². The van der Waals surface area contributed by atoms with Gasteiger partial charge in [-0.25, -0.2) is 0 Å². The number of nitrogens with zero attached hydrogens (tertiary/aromatic N) is 1. The molecule has 3 rings (SSSR count). The van der Waals surface area contributed by atoms with Crippen molar-refractivity contribution < 1.29 is 24.5 Å². The van der Waals surface area contributed by atoms with Gasteiger partial charge in [0.25, 0.3) is 0 Å². The number of carboxylic acid groups (broad SMARTS) is 2. The number of carbonyl (C=O) groups is 2. The first-order valence-electron chi connectivity index (χ1n) is 7.31. The second-order valence-corrected chi connectivity index (χ2v) is 6.20. The molecule has 6 heteroatoms. The lowest BCUT2D eigenvalue weighted by molar-refractivity contribution is -0.151. The van der Waals surface area contributed by atoms with Crippen LogP contribution in [0.25, 0.3) is 0 Å². The van der Waals surface area contributed by atoms with Crippen LogP contribution in [0.2, 0.25) is 0 Å². The molecule has 2 aliphatic rings. The Labute approximate surface area is 128 Å². The van der Waals surface area contributed by atoms with Crippen molar-refractivity contribution >= 4 is 11.9 Å². The summed E-state index contributed by atoms with van der Waals surface area (Å²) < 4.78 is 5.58. The van der Waals surface area contributed by atoms with Crippen molar-refractivity contribution in [3.8, 4) is 0 Å². The Kier molecular flexibility index (Phi) is 3.66. The highest BCUT2D eigenvalue weighted by molar-refractivity contribution is 5.94. The summed E-state index contributed by atoms with van der Waals surface area (Å²) in [6.07, 6.45) is 0.242. The Morgan fingerprint density at radius 2 is 1.68 bits per heavy atom. The van der Waals surface area contributed by atoms with Gasteiger partial charge in [0.1, 0.15) is 0 Å². The summed E-state index contributed by atoms with van der Waals surface area (Å²) in [5.74, 6) is -2.00. The molecule has 1 aliphatic heterocycles. The van der Waals surface area contributed by atoms with E-state index >= 15 is 0 Å². The molecule has 1 saturated carbocycles. The number of hydrogen-bond acceptors (Lipinski definition) is 4. The summed E-state index contributed by atoms with van der Waals surface area (Å²) in [6.45, 7) is 2.10. The minimum Gasteiger partial charge on any atom is -0.481 e. The number of piperidine rings is 1. The minimum atomic E-state index is -1.10. The SMILES string of the molecule is O=C(O)[C@@]12CN(CCOCc3ccccc3)C[C@]1(C(=O)O)C2. The van der Waals surface area contributed by atoms with E-state index in [0.717, 1.165) is 5.56 Å². The zero-order valence-corrected chi connectivity index (χ0v) is 12.2. The van der Waals surface area contributed by atoms with Crippen LogP contribution in [0.15, 0.2) is 30.3 Å². The molecule has 0 aromatic heterocycles. The summed E-state index contributed by atoms with van der Waals surface area (Å²) >= 11 is 0. The molecule has 1 aromatic rings. The Bertz CT molecular complexity index is 561. The molecule has 1 aliphatic carbocycles. The van der Waals surface area contributed by atoms with Gasteiger partial charge in [-0.15, -0.1) is 0 Å². The average molecular weight is 305 g/mol. The van der Waals surface area contributed by atoms with Gasteiger partial charge in [0, 0.05) is 19.6 Å². The highest BCUT2D eigenvalue weighted by Crippen LogP contribution is 2.68. The van der Waals surface area contributed by atoms with Gasteiger partial charge in [0.2, 0.25) is 0 Å². The Hall–Kier alpha value is -1.92. The number of benzene rings is 1. The second-order valence-electron chi connectivity index (χ2n) is 6.20. The third kappa shape index (κ3) is 2.28. The van der Waals surface area contributed by atoms with Crippen LogP contribution in [0.1, 0.15) is 12.0 Å². The van der Waals surface area contributed by atoms with E-state index in [-0.39, 0.29) is 6.42 Å². The quantitative estimate of drug-likeness (QED) is 0.733. The van der Waals surface area contributed by atoms with E-state index in [0.29, 0.717) is 32.8 Å². The van der Waals surface area contributed by atoms with Crippen LogP contribution in [0.3, 0.4) is 0 Å². The lowest BCUT2D eigenvalue weighted by atomic mass is 9.97. The van der Waals surface area contributed by atoms with Gasteiger partial charge in [-0.05, 0) is 12.0 Å². The molecule has 0 radical (unpaired) electrons. The summed E-state index contributed by atoms with van der Waals surface area (Å²) in [5.41, 5.74) is -1.12. The Morgan fingerprint density at radius 1 is 1.09 bits per heavy atom. The van der Waals surface area contributed by atoms with E-state index in [4.69, 9.17) is 4.74 Å². The van der Waals surface area contributed by atoms with Crippen molar-refractivity contribution in [1.82, 2.24) is 4.90 Å². The standard InChI is InChI=1S/C16H19NO5/c18-13(19)15-9-16(15,14(20)21)11-17(10-15)6-7-22-8-12-4-2-1-3-5-12/h1-5H,6-11H2,(H,18,19)(H,20,21)/t15-,16+. The predicted molar refractivity (Wildman–Crippen MR) is 77.3 cm³/mol. The maximum atomic E-state index is 11.4. The van der Waals surface area contributed by atoms with E-state index < -0.39 is 22.8 Å². The molecule has 0 bridgehead atoms. The van der Waals surface area contributed by atoms with Gasteiger partial charge in [-0.1, -0.05) is 30.3 Å². The number of rotatable bonds is 7. The zero-order chi connectivity index (χ0) is 15.8. The molecular formula is C16H19NO5. The first-order chi connectivity index (χ1) is 10.5. The van der Waals surface area contributed by atoms with E-state index in [1.165, 1.54) is 0 Å². The van der Waals surface area contributed by atoms with Crippen LogP contribution in [0.5, 0.6) is 0 Å². The molecule has 0 amide bonds. The van der Waals surface area contributed by atoms with Gasteiger partial charge in [0.15, 0.2) is 0 Å². The van der Waals surface area contributed by atoms with Crippen LogP contribution >= 0.6 is 0 Å². The normalized spacial score (nSPS) is 30.0. The lowest BCUT2D eigenvalue weighted by Gasteiger charge is -2.19. The van der Waals surface area contributed by atoms with Crippen molar-refractivity contribution in [2.75, 3.05) is 26.2 Å². The first-order valence-corrected chi connectivity index (χ1v) is 7.31. The second kappa shape index (κ2) is 5.37. The van der Waals surface area contributed by atoms with E-state index in [1.54, 1.807) is 0 Å². The van der Waals surface area contributed by atoms with Crippen molar-refractivity contribution in [2.24, 2.45) is 10.8 Å². The van der Waals surface area contributed by atoms with Crippen molar-refractivity contribution in [2.45, 2.75) is 13.0 Å². The summed E-state index contributed by atoms with van der Waals surface area (Å²) in [4.78, 5) is 24.7. The van der Waals surface area contributed by atoms with Crippen molar-refractivity contribution in [3.05, 3.63) is 35.9 Å². The highest BCUT2D eigenvalue weighted by atomic mass is 16.5. The molecule has 2 N–H and O–H groups in total. The molecule has 0 unspecified atom stereocenters. The zero-order valence-electron chi connectivity index (χ0n) is 12.2. The third-order valence-corrected chi connectivity index (χ3v) is 4.86. The predicted octanol–water partition coefficient (Wildman–Crippen LogP) is 1.06. The van der Waals surface area contributed by atoms with Crippen LogP contribution in [-0.2, 0) is 20.9 Å². The average Bonchev–Trinajstić information content (AvgIpc) is 3.04. The van der Waals surface area contributed by atoms with Gasteiger partial charge >= 0.3 is 11.9 Å². The lowest BCUT2D eigenvalue weighted by Crippen LogP contribution is -2.31. The summed E-state index contributed by atoms with van der Waals surface area (Å²) in [7, 11) is 0. The van der Waals surface area contributed by atoms with E-state index in [2.05, 4.69) is 0 Å². The topological polar surface area (TPSA) is 87.1 Å². The van der Waals surface area contributed by atoms with Gasteiger partial charge in [0.05, 0.1) is 24.0 Å². The largest absolute Gasteiger partial charge is 0.481 e. The summed E-state index contributed by atoms with van der Waals surface area (Å²) in [6, 6.07) is 9.78. The molecule has 1 heterocycles. The molecule has 2 fully saturated rings. The smallest absolute Gasteiger partial charge is 0.312 e. The molecule has 22 heavy (non-hydrogen) atoms. The van der Waals surface area contributed by atoms with Gasteiger partial charge in [-0.2, -0.15) is 0 Å². The maximum absolute atomic E-state index is 11.4. The Morgan fingerprint density at radius 3 is 2.23 bits per heavy atom. The number of fused-ring (bicyclic) bond motifs is 1. The van der Waals surface area contributed by atoms with E-state index in [1.807, 2.05) is 35.2 Å². The summed E-state index contributed by atoms with van der Waals surface area (Å²) in [5, 5.41) is 18.7. The Balaban J connectivity index is 1.49. The fraction of sp³-hybridized carbons (Fsp3) is 0.500. The number of aliphatic carboxylic acids is 2. The number of likely N-dealkylation sites (tertiary alicyclic amines) is 1. The number of hydrogen-bond donors (Lipinski definition) is 2. The van der Waals surface area contributed by atoms with Crippen LogP contribution in [0.4, 0.5) is 0 Å². The third-order valence-electron chi connectivity index (χ3n) is 4.86. The molecule has 6 nitrogen and oxygen atoms in total. The molecule has 2 atom stereocenters. The molecular weight excluding hydrogens is 286 g/mol. The van der Waals surface area contributed by atoms with Crippen molar-refractivity contribution in [3.63, 3.8) is 0 Å². The first kappa shape index (κ1) is 15.0. The molecule has 0 spiro atoms. The highest BCUT2D eigenvalue weighted by Gasteiger charge is 2.80. The monoisotopic (exact) mass is 305 g/mol. The van der Waals surface area contributed by atoms with Crippen LogP contribution < -0.4 is 0 Å². The van der Waals surface area contributed by atoms with Gasteiger partial charge < -0.3 is 14.9 Å². The fourth-order valence-electron chi connectivity index (χ4n) is 3.52. The fourth-order valence-corrected chi connectivity index (χ4v) is 3.52. The molecule has 118 valence electrons. The number of carboxylic acids is 2. The minimum absolute atomic E-state index is 0.242. The van der Waals surface area contributed by atoms with Gasteiger partial charge in [-0.3, -0.25) is 14.5 Å². The molecule has 1 aromatic carbocycles. The van der Waals surface area contributed by atoms with Crippen LogP contribution in [-0.4, -0.2) is 53.3 Å². The number of ether oxygens (including phenoxy) is 1. The van der Waals surface area contributed by atoms with Crippen LogP contribution in [0, 0.1) is 10.8 Å². The molecule has 1 saturated heterocycles.